The summed E-state index contributed by atoms with van der Waals surface area (Å²) in [5.74, 6) is 1.02. The number of anilines is 1. The molecule has 0 atom stereocenters. The molecule has 0 saturated carbocycles. The van der Waals surface area contributed by atoms with E-state index in [9.17, 15) is 5.26 Å². The maximum Gasteiger partial charge on any atom is 0.235 e. The van der Waals surface area contributed by atoms with E-state index in [2.05, 4.69) is 27.9 Å². The Hall–Kier alpha value is -2.03. The zero-order valence-electron chi connectivity index (χ0n) is 11.7. The highest BCUT2D eigenvalue weighted by molar-refractivity contribution is 6.30. The van der Waals surface area contributed by atoms with E-state index in [4.69, 9.17) is 16.0 Å². The minimum absolute atomic E-state index is 0.338. The fraction of sp³-hybridized carbons (Fsp3) is 0.333. The molecule has 0 N–H and O–H groups in total. The minimum atomic E-state index is 0.338. The van der Waals surface area contributed by atoms with E-state index in [0.29, 0.717) is 22.5 Å². The van der Waals surface area contributed by atoms with Gasteiger partial charge in [0.1, 0.15) is 6.07 Å². The third kappa shape index (κ3) is 2.87. The summed E-state index contributed by atoms with van der Waals surface area (Å²) >= 11 is 5.88. The Bertz CT molecular complexity index is 666. The number of aromatic nitrogens is 1. The van der Waals surface area contributed by atoms with Crippen LogP contribution in [0.1, 0.15) is 5.69 Å². The summed E-state index contributed by atoms with van der Waals surface area (Å²) in [5, 5.41) is 9.93. The Morgan fingerprint density at radius 3 is 2.48 bits per heavy atom. The van der Waals surface area contributed by atoms with Crippen molar-refractivity contribution in [1.29, 1.82) is 5.26 Å². The first-order valence-electron chi connectivity index (χ1n) is 6.78. The van der Waals surface area contributed by atoms with Crippen LogP contribution >= 0.6 is 11.6 Å². The second-order valence-corrected chi connectivity index (χ2v) is 5.52. The number of nitrogens with zero attached hydrogens (tertiary/aromatic N) is 4. The van der Waals surface area contributed by atoms with Crippen molar-refractivity contribution in [2.45, 2.75) is 0 Å². The van der Waals surface area contributed by atoms with Crippen molar-refractivity contribution in [2.75, 3.05) is 38.1 Å². The van der Waals surface area contributed by atoms with Crippen LogP contribution in [-0.2, 0) is 0 Å². The SMILES string of the molecule is CN1CCN(c2oc(-c3ccc(Cl)cc3)nc2C#N)CC1. The first-order valence-corrected chi connectivity index (χ1v) is 7.15. The van der Waals surface area contributed by atoms with Crippen LogP contribution in [0, 0.1) is 11.3 Å². The van der Waals surface area contributed by atoms with Gasteiger partial charge < -0.3 is 14.2 Å². The van der Waals surface area contributed by atoms with Crippen LogP contribution < -0.4 is 4.90 Å². The number of hydrogen-bond donors (Lipinski definition) is 0. The summed E-state index contributed by atoms with van der Waals surface area (Å²) in [5.41, 5.74) is 1.15. The summed E-state index contributed by atoms with van der Waals surface area (Å²) in [4.78, 5) is 8.62. The first-order chi connectivity index (χ1) is 10.2. The van der Waals surface area contributed by atoms with Crippen molar-refractivity contribution < 1.29 is 4.42 Å². The summed E-state index contributed by atoms with van der Waals surface area (Å²) in [6.07, 6.45) is 0. The van der Waals surface area contributed by atoms with E-state index in [0.717, 1.165) is 31.7 Å². The first kappa shape index (κ1) is 13.9. The maximum absolute atomic E-state index is 9.27. The van der Waals surface area contributed by atoms with Crippen molar-refractivity contribution in [1.82, 2.24) is 9.88 Å². The van der Waals surface area contributed by atoms with Crippen molar-refractivity contribution >= 4 is 17.5 Å². The van der Waals surface area contributed by atoms with Crippen LogP contribution in [0.4, 0.5) is 5.88 Å². The molecule has 21 heavy (non-hydrogen) atoms. The molecule has 0 radical (unpaired) electrons. The average molecular weight is 303 g/mol. The number of rotatable bonds is 2. The van der Waals surface area contributed by atoms with Gasteiger partial charge in [-0.1, -0.05) is 11.6 Å². The van der Waals surface area contributed by atoms with Gasteiger partial charge in [0.15, 0.2) is 0 Å². The average Bonchev–Trinajstić information content (AvgIpc) is 2.93. The molecule has 3 rings (SSSR count). The van der Waals surface area contributed by atoms with E-state index in [1.54, 1.807) is 12.1 Å². The lowest BCUT2D eigenvalue weighted by molar-refractivity contribution is 0.306. The Morgan fingerprint density at radius 1 is 1.19 bits per heavy atom. The fourth-order valence-electron chi connectivity index (χ4n) is 2.32. The molecule has 0 aliphatic carbocycles. The van der Waals surface area contributed by atoms with E-state index in [-0.39, 0.29) is 0 Å². The molecule has 6 heteroatoms. The third-order valence-corrected chi connectivity index (χ3v) is 3.85. The number of oxazole rings is 1. The van der Waals surface area contributed by atoms with Crippen molar-refractivity contribution in [2.24, 2.45) is 0 Å². The molecule has 1 aliphatic heterocycles. The summed E-state index contributed by atoms with van der Waals surface area (Å²) in [6.45, 7) is 3.56. The number of benzene rings is 1. The van der Waals surface area contributed by atoms with E-state index in [1.165, 1.54) is 0 Å². The van der Waals surface area contributed by atoms with Gasteiger partial charge in [0, 0.05) is 36.8 Å². The standard InChI is InChI=1S/C15H15ClN4O/c1-19-6-8-20(9-7-19)15-13(10-17)18-14(21-15)11-2-4-12(16)5-3-11/h2-5H,6-9H2,1H3. The van der Waals surface area contributed by atoms with Crippen molar-refractivity contribution in [3.05, 3.63) is 35.0 Å². The third-order valence-electron chi connectivity index (χ3n) is 3.60. The van der Waals surface area contributed by atoms with Crippen LogP contribution in [0.25, 0.3) is 11.5 Å². The molecule has 0 amide bonds. The van der Waals surface area contributed by atoms with Gasteiger partial charge >= 0.3 is 0 Å². The lowest BCUT2D eigenvalue weighted by Crippen LogP contribution is -2.44. The molecule has 2 aromatic rings. The van der Waals surface area contributed by atoms with E-state index in [1.807, 2.05) is 12.1 Å². The van der Waals surface area contributed by atoms with Gasteiger partial charge in [-0.2, -0.15) is 10.2 Å². The van der Waals surface area contributed by atoms with Gasteiger partial charge in [-0.05, 0) is 31.3 Å². The second kappa shape index (κ2) is 5.76. The lowest BCUT2D eigenvalue weighted by atomic mass is 10.2. The van der Waals surface area contributed by atoms with Gasteiger partial charge in [-0.25, -0.2) is 0 Å². The molecular formula is C15H15ClN4O. The summed E-state index contributed by atoms with van der Waals surface area (Å²) in [6, 6.07) is 9.35. The zero-order chi connectivity index (χ0) is 14.8. The Morgan fingerprint density at radius 2 is 1.86 bits per heavy atom. The Balaban J connectivity index is 1.91. The molecule has 1 saturated heterocycles. The van der Waals surface area contributed by atoms with E-state index < -0.39 is 0 Å². The molecule has 108 valence electrons. The quantitative estimate of drug-likeness (QED) is 0.853. The molecule has 1 aromatic heterocycles. The molecule has 1 fully saturated rings. The van der Waals surface area contributed by atoms with Gasteiger partial charge in [0.25, 0.3) is 0 Å². The van der Waals surface area contributed by atoms with Gasteiger partial charge in [-0.15, -0.1) is 0 Å². The van der Waals surface area contributed by atoms with Crippen LogP contribution in [-0.4, -0.2) is 43.1 Å². The molecule has 1 aromatic carbocycles. The van der Waals surface area contributed by atoms with Crippen LogP contribution in [0.15, 0.2) is 28.7 Å². The molecule has 2 heterocycles. The fourth-order valence-corrected chi connectivity index (χ4v) is 2.45. The van der Waals surface area contributed by atoms with Gasteiger partial charge in [-0.3, -0.25) is 0 Å². The van der Waals surface area contributed by atoms with Crippen molar-refractivity contribution in [3.63, 3.8) is 0 Å². The monoisotopic (exact) mass is 302 g/mol. The largest absolute Gasteiger partial charge is 0.419 e. The topological polar surface area (TPSA) is 56.3 Å². The smallest absolute Gasteiger partial charge is 0.235 e. The number of likely N-dealkylation sites (N-methyl/N-ethyl adjacent to an activating group) is 1. The van der Waals surface area contributed by atoms with Crippen molar-refractivity contribution in [3.8, 4) is 17.5 Å². The Kier molecular flexibility index (Phi) is 3.82. The maximum atomic E-state index is 9.27. The van der Waals surface area contributed by atoms with Crippen LogP contribution in [0.5, 0.6) is 0 Å². The van der Waals surface area contributed by atoms with Gasteiger partial charge in [0.05, 0.1) is 0 Å². The molecule has 0 bridgehead atoms. The summed E-state index contributed by atoms with van der Waals surface area (Å²) in [7, 11) is 2.09. The molecule has 1 aliphatic rings. The van der Waals surface area contributed by atoms with Gasteiger partial charge in [0.2, 0.25) is 17.5 Å². The minimum Gasteiger partial charge on any atom is -0.419 e. The summed E-state index contributed by atoms with van der Waals surface area (Å²) < 4.78 is 5.84. The second-order valence-electron chi connectivity index (χ2n) is 5.08. The highest BCUT2D eigenvalue weighted by Crippen LogP contribution is 2.29. The number of hydrogen-bond acceptors (Lipinski definition) is 5. The number of nitriles is 1. The molecule has 0 unspecified atom stereocenters. The molecule has 5 nitrogen and oxygen atoms in total. The van der Waals surface area contributed by atoms with Crippen LogP contribution in [0.2, 0.25) is 5.02 Å². The zero-order valence-corrected chi connectivity index (χ0v) is 12.5. The molecular weight excluding hydrogens is 288 g/mol. The predicted octanol–water partition coefficient (Wildman–Crippen LogP) is 2.62. The molecule has 0 spiro atoms. The predicted molar refractivity (Wildman–Crippen MR) is 81.4 cm³/mol. The highest BCUT2D eigenvalue weighted by Gasteiger charge is 2.23. The van der Waals surface area contributed by atoms with E-state index >= 15 is 0 Å². The number of piperazine rings is 1. The Labute approximate surface area is 128 Å². The highest BCUT2D eigenvalue weighted by atomic mass is 35.5. The normalized spacial score (nSPS) is 16.0. The number of halogens is 1. The van der Waals surface area contributed by atoms with Crippen LogP contribution in [0.3, 0.4) is 0 Å². The lowest BCUT2D eigenvalue weighted by Gasteiger charge is -2.31.